The monoisotopic (exact) mass is 293 g/mol. The van der Waals surface area contributed by atoms with Crippen molar-refractivity contribution in [2.45, 2.75) is 57.9 Å². The second-order valence-electron chi connectivity index (χ2n) is 6.07. The van der Waals surface area contributed by atoms with Gasteiger partial charge in [0.05, 0.1) is 12.5 Å². The largest absolute Gasteiger partial charge is 0.481 e. The maximum atomic E-state index is 12.3. The molecule has 1 aromatic heterocycles. The molecule has 116 valence electrons. The maximum absolute atomic E-state index is 12.3. The van der Waals surface area contributed by atoms with Gasteiger partial charge in [-0.25, -0.2) is 4.98 Å². The number of imidazole rings is 1. The van der Waals surface area contributed by atoms with Crippen LogP contribution in [0.3, 0.4) is 0 Å². The fourth-order valence-corrected chi connectivity index (χ4v) is 3.25. The number of hydrogen-bond acceptors (Lipinski definition) is 3. The standard InChI is InChI=1S/C15H23N3O3/c1-11(14-16-7-8-17-14)18-12(19)9-15(10-13(20)21)5-3-2-4-6-15/h7-8,11H,2-6,9-10H2,1H3,(H,16,17)(H,18,19)(H,20,21). The Morgan fingerprint density at radius 1 is 1.38 bits per heavy atom. The minimum absolute atomic E-state index is 0.0789. The number of aromatic amines is 1. The van der Waals surface area contributed by atoms with E-state index < -0.39 is 5.97 Å². The smallest absolute Gasteiger partial charge is 0.303 e. The second-order valence-corrected chi connectivity index (χ2v) is 6.07. The van der Waals surface area contributed by atoms with E-state index in [9.17, 15) is 9.59 Å². The lowest BCUT2D eigenvalue weighted by molar-refractivity contribution is -0.141. The van der Waals surface area contributed by atoms with Crippen molar-refractivity contribution in [1.82, 2.24) is 15.3 Å². The molecule has 0 saturated heterocycles. The van der Waals surface area contributed by atoms with E-state index in [0.29, 0.717) is 5.82 Å². The van der Waals surface area contributed by atoms with Crippen LogP contribution in [0.4, 0.5) is 0 Å². The fourth-order valence-electron chi connectivity index (χ4n) is 3.25. The number of carboxylic acid groups (broad SMARTS) is 1. The zero-order chi connectivity index (χ0) is 15.3. The van der Waals surface area contributed by atoms with Crippen molar-refractivity contribution in [1.29, 1.82) is 0 Å². The molecule has 0 radical (unpaired) electrons. The molecule has 2 rings (SSSR count). The van der Waals surface area contributed by atoms with Crippen LogP contribution in [-0.4, -0.2) is 27.0 Å². The topological polar surface area (TPSA) is 95.1 Å². The molecule has 1 amide bonds. The molecule has 1 aromatic rings. The van der Waals surface area contributed by atoms with Crippen molar-refractivity contribution in [2.24, 2.45) is 5.41 Å². The summed E-state index contributed by atoms with van der Waals surface area (Å²) < 4.78 is 0. The van der Waals surface area contributed by atoms with Crippen molar-refractivity contribution in [3.05, 3.63) is 18.2 Å². The van der Waals surface area contributed by atoms with E-state index in [-0.39, 0.29) is 30.2 Å². The predicted molar refractivity (Wildman–Crippen MR) is 77.5 cm³/mol. The van der Waals surface area contributed by atoms with Crippen LogP contribution in [0.25, 0.3) is 0 Å². The van der Waals surface area contributed by atoms with Crippen molar-refractivity contribution in [3.8, 4) is 0 Å². The van der Waals surface area contributed by atoms with Crippen molar-refractivity contribution >= 4 is 11.9 Å². The van der Waals surface area contributed by atoms with Gasteiger partial charge in [0.1, 0.15) is 5.82 Å². The molecule has 21 heavy (non-hydrogen) atoms. The normalized spacial score (nSPS) is 18.9. The molecule has 3 N–H and O–H groups in total. The average molecular weight is 293 g/mol. The number of H-pyrrole nitrogens is 1. The number of nitrogens with zero attached hydrogens (tertiary/aromatic N) is 1. The third-order valence-corrected chi connectivity index (χ3v) is 4.28. The Morgan fingerprint density at radius 2 is 2.10 bits per heavy atom. The van der Waals surface area contributed by atoms with Crippen molar-refractivity contribution in [2.75, 3.05) is 0 Å². The first-order valence-electron chi connectivity index (χ1n) is 7.51. The zero-order valence-corrected chi connectivity index (χ0v) is 12.4. The molecule has 1 unspecified atom stereocenters. The Bertz CT molecular complexity index is 478. The molecular formula is C15H23N3O3. The highest BCUT2D eigenvalue weighted by Gasteiger charge is 2.36. The maximum Gasteiger partial charge on any atom is 0.303 e. The summed E-state index contributed by atoms with van der Waals surface area (Å²) >= 11 is 0. The molecule has 1 heterocycles. The molecule has 1 atom stereocenters. The molecule has 1 aliphatic carbocycles. The first kappa shape index (κ1) is 15.5. The number of hydrogen-bond donors (Lipinski definition) is 3. The molecule has 1 aliphatic rings. The van der Waals surface area contributed by atoms with Crippen LogP contribution in [0.15, 0.2) is 12.4 Å². The van der Waals surface area contributed by atoms with E-state index in [4.69, 9.17) is 5.11 Å². The number of carboxylic acids is 1. The van der Waals surface area contributed by atoms with Gasteiger partial charge in [-0.05, 0) is 25.2 Å². The minimum Gasteiger partial charge on any atom is -0.481 e. The Morgan fingerprint density at radius 3 is 2.67 bits per heavy atom. The lowest BCUT2D eigenvalue weighted by Gasteiger charge is -2.35. The highest BCUT2D eigenvalue weighted by molar-refractivity contribution is 5.78. The van der Waals surface area contributed by atoms with Crippen LogP contribution in [0.2, 0.25) is 0 Å². The van der Waals surface area contributed by atoms with Gasteiger partial charge in [-0.2, -0.15) is 0 Å². The Labute approximate surface area is 124 Å². The van der Waals surface area contributed by atoms with Crippen molar-refractivity contribution < 1.29 is 14.7 Å². The molecule has 1 fully saturated rings. The van der Waals surface area contributed by atoms with Crippen LogP contribution in [0.5, 0.6) is 0 Å². The van der Waals surface area contributed by atoms with Gasteiger partial charge in [0.25, 0.3) is 0 Å². The third-order valence-electron chi connectivity index (χ3n) is 4.28. The van der Waals surface area contributed by atoms with Gasteiger partial charge in [-0.1, -0.05) is 19.3 Å². The summed E-state index contributed by atoms with van der Waals surface area (Å²) in [5, 5.41) is 12.0. The first-order valence-corrected chi connectivity index (χ1v) is 7.51. The SMILES string of the molecule is CC(NC(=O)CC1(CC(=O)O)CCCCC1)c1ncc[nH]1. The first-order chi connectivity index (χ1) is 10.0. The van der Waals surface area contributed by atoms with E-state index in [1.54, 1.807) is 12.4 Å². The van der Waals surface area contributed by atoms with Gasteiger partial charge in [-0.3, -0.25) is 9.59 Å². The Kier molecular flexibility index (Phi) is 4.98. The molecule has 0 aromatic carbocycles. The van der Waals surface area contributed by atoms with Gasteiger partial charge in [-0.15, -0.1) is 0 Å². The molecule has 0 spiro atoms. The van der Waals surface area contributed by atoms with Gasteiger partial charge in [0.15, 0.2) is 0 Å². The number of aromatic nitrogens is 2. The van der Waals surface area contributed by atoms with E-state index in [1.807, 2.05) is 6.92 Å². The Balaban J connectivity index is 1.96. The zero-order valence-electron chi connectivity index (χ0n) is 12.4. The highest BCUT2D eigenvalue weighted by Crippen LogP contribution is 2.42. The van der Waals surface area contributed by atoms with E-state index >= 15 is 0 Å². The summed E-state index contributed by atoms with van der Waals surface area (Å²) in [7, 11) is 0. The van der Waals surface area contributed by atoms with Gasteiger partial charge in [0, 0.05) is 18.8 Å². The summed E-state index contributed by atoms with van der Waals surface area (Å²) in [4.78, 5) is 30.5. The highest BCUT2D eigenvalue weighted by atomic mass is 16.4. The van der Waals surface area contributed by atoms with Crippen LogP contribution in [0.1, 0.15) is 63.7 Å². The summed E-state index contributed by atoms with van der Waals surface area (Å²) in [5.41, 5.74) is -0.378. The third kappa shape index (κ3) is 4.31. The molecule has 0 aliphatic heterocycles. The van der Waals surface area contributed by atoms with E-state index in [2.05, 4.69) is 15.3 Å². The molecule has 1 saturated carbocycles. The van der Waals surface area contributed by atoms with E-state index in [1.165, 1.54) is 0 Å². The molecule has 0 bridgehead atoms. The van der Waals surface area contributed by atoms with Crippen molar-refractivity contribution in [3.63, 3.8) is 0 Å². The number of nitrogens with one attached hydrogen (secondary N) is 2. The fraction of sp³-hybridized carbons (Fsp3) is 0.667. The quantitative estimate of drug-likeness (QED) is 0.750. The second kappa shape index (κ2) is 6.74. The lowest BCUT2D eigenvalue weighted by Crippen LogP contribution is -2.36. The summed E-state index contributed by atoms with van der Waals surface area (Å²) in [6.45, 7) is 1.86. The number of rotatable bonds is 6. The molecule has 6 nitrogen and oxygen atoms in total. The number of amides is 1. The van der Waals surface area contributed by atoms with Crippen LogP contribution in [-0.2, 0) is 9.59 Å². The van der Waals surface area contributed by atoms with Crippen LogP contribution in [0, 0.1) is 5.41 Å². The average Bonchev–Trinajstić information content (AvgIpc) is 2.92. The number of aliphatic carboxylic acids is 1. The summed E-state index contributed by atoms with van der Waals surface area (Å²) in [5.74, 6) is -0.204. The van der Waals surface area contributed by atoms with Crippen LogP contribution >= 0.6 is 0 Å². The van der Waals surface area contributed by atoms with E-state index in [0.717, 1.165) is 32.1 Å². The van der Waals surface area contributed by atoms with Crippen LogP contribution < -0.4 is 5.32 Å². The van der Waals surface area contributed by atoms with Gasteiger partial charge in [0.2, 0.25) is 5.91 Å². The minimum atomic E-state index is -0.816. The molecule has 6 heteroatoms. The van der Waals surface area contributed by atoms with Gasteiger partial charge >= 0.3 is 5.97 Å². The molecular weight excluding hydrogens is 270 g/mol. The number of carbonyl (C=O) groups excluding carboxylic acids is 1. The van der Waals surface area contributed by atoms with Gasteiger partial charge < -0.3 is 15.4 Å². The predicted octanol–water partition coefficient (Wildman–Crippen LogP) is 2.40. The summed E-state index contributed by atoms with van der Waals surface area (Å²) in [6.07, 6.45) is 8.51. The Hall–Kier alpha value is -1.85. The summed E-state index contributed by atoms with van der Waals surface area (Å²) in [6, 6.07) is -0.196. The number of carbonyl (C=O) groups is 2. The lowest BCUT2D eigenvalue weighted by atomic mass is 9.69.